The van der Waals surface area contributed by atoms with Crippen LogP contribution in [0.25, 0.3) is 16.9 Å². The van der Waals surface area contributed by atoms with Gasteiger partial charge in [0.1, 0.15) is 5.82 Å². The minimum Gasteiger partial charge on any atom is -0.394 e. The zero-order valence-electron chi connectivity index (χ0n) is 12.6. The fraction of sp³-hybridized carbons (Fsp3) is 0.294. The maximum atomic E-state index is 9.97. The van der Waals surface area contributed by atoms with Gasteiger partial charge in [0, 0.05) is 24.2 Å². The highest BCUT2D eigenvalue weighted by molar-refractivity contribution is 5.67. The number of benzene rings is 1. The van der Waals surface area contributed by atoms with E-state index in [-0.39, 0.29) is 12.6 Å². The lowest BCUT2D eigenvalue weighted by atomic mass is 10.1. The van der Waals surface area contributed by atoms with Crippen LogP contribution in [-0.4, -0.2) is 50.1 Å². The minimum atomic E-state index is -0.439. The molecular weight excluding hydrogens is 292 g/mol. The largest absolute Gasteiger partial charge is 0.394 e. The molecule has 1 saturated heterocycles. The Morgan fingerprint density at radius 1 is 1.17 bits per heavy atom. The predicted molar refractivity (Wildman–Crippen MR) is 87.3 cm³/mol. The number of aromatic nitrogens is 3. The zero-order chi connectivity index (χ0) is 15.8. The molecule has 23 heavy (non-hydrogen) atoms. The number of hydrogen-bond donors (Lipinski definition) is 2. The summed E-state index contributed by atoms with van der Waals surface area (Å²) in [5.74, 6) is 0.842. The van der Waals surface area contributed by atoms with Crippen molar-refractivity contribution in [1.82, 2.24) is 14.6 Å². The maximum Gasteiger partial charge on any atom is 0.157 e. The van der Waals surface area contributed by atoms with Gasteiger partial charge in [-0.1, -0.05) is 30.3 Å². The summed E-state index contributed by atoms with van der Waals surface area (Å²) in [4.78, 5) is 6.67. The molecule has 6 heteroatoms. The van der Waals surface area contributed by atoms with Crippen molar-refractivity contribution >= 4 is 11.5 Å². The molecule has 0 saturated carbocycles. The highest BCUT2D eigenvalue weighted by Crippen LogP contribution is 2.29. The molecule has 0 aliphatic carbocycles. The van der Waals surface area contributed by atoms with Crippen molar-refractivity contribution < 1.29 is 10.2 Å². The van der Waals surface area contributed by atoms with Gasteiger partial charge in [-0.05, 0) is 6.42 Å². The van der Waals surface area contributed by atoms with Crippen LogP contribution in [0.2, 0.25) is 0 Å². The van der Waals surface area contributed by atoms with Crippen LogP contribution in [0.4, 0.5) is 5.82 Å². The van der Waals surface area contributed by atoms with Gasteiger partial charge >= 0.3 is 0 Å². The highest BCUT2D eigenvalue weighted by atomic mass is 16.3. The number of aliphatic hydroxyl groups excluding tert-OH is 2. The summed E-state index contributed by atoms with van der Waals surface area (Å²) in [6.07, 6.45) is 1.83. The average Bonchev–Trinajstić information content (AvgIpc) is 3.20. The SMILES string of the molecule is OCC1C[C@H](O)CN1c1cc(-c2ccccc2)nc2ccnn12. The first-order valence-corrected chi connectivity index (χ1v) is 7.72. The normalized spacial score (nSPS) is 21.2. The quantitative estimate of drug-likeness (QED) is 0.763. The maximum absolute atomic E-state index is 9.97. The Kier molecular flexibility index (Phi) is 3.48. The van der Waals surface area contributed by atoms with Crippen LogP contribution in [0.1, 0.15) is 6.42 Å². The second-order valence-corrected chi connectivity index (χ2v) is 5.85. The van der Waals surface area contributed by atoms with E-state index in [9.17, 15) is 10.2 Å². The van der Waals surface area contributed by atoms with Crippen LogP contribution in [0.5, 0.6) is 0 Å². The molecule has 2 N–H and O–H groups in total. The van der Waals surface area contributed by atoms with Crippen molar-refractivity contribution in [2.24, 2.45) is 0 Å². The molecule has 0 amide bonds. The van der Waals surface area contributed by atoms with Crippen LogP contribution < -0.4 is 4.90 Å². The van der Waals surface area contributed by atoms with Crippen molar-refractivity contribution in [3.63, 3.8) is 0 Å². The number of nitrogens with zero attached hydrogens (tertiary/aromatic N) is 4. The van der Waals surface area contributed by atoms with E-state index in [1.54, 1.807) is 10.7 Å². The first-order valence-electron chi connectivity index (χ1n) is 7.72. The lowest BCUT2D eigenvalue weighted by Crippen LogP contribution is -2.34. The summed E-state index contributed by atoms with van der Waals surface area (Å²) in [6, 6.07) is 13.7. The first kappa shape index (κ1) is 14.2. The number of fused-ring (bicyclic) bond motifs is 1. The molecule has 0 spiro atoms. The minimum absolute atomic E-state index is 0.00279. The van der Waals surface area contributed by atoms with E-state index in [0.717, 1.165) is 22.7 Å². The molecule has 118 valence electrons. The van der Waals surface area contributed by atoms with Gasteiger partial charge in [0.25, 0.3) is 0 Å². The van der Waals surface area contributed by atoms with E-state index >= 15 is 0 Å². The van der Waals surface area contributed by atoms with Crippen LogP contribution in [-0.2, 0) is 0 Å². The van der Waals surface area contributed by atoms with E-state index in [1.807, 2.05) is 47.4 Å². The Hall–Kier alpha value is -2.44. The van der Waals surface area contributed by atoms with Crippen LogP contribution in [0.3, 0.4) is 0 Å². The summed E-state index contributed by atoms with van der Waals surface area (Å²) in [5.41, 5.74) is 2.63. The fourth-order valence-electron chi connectivity index (χ4n) is 3.20. The van der Waals surface area contributed by atoms with E-state index < -0.39 is 6.10 Å². The molecule has 3 aromatic rings. The third-order valence-corrected chi connectivity index (χ3v) is 4.31. The molecule has 2 aromatic heterocycles. The summed E-state index contributed by atoms with van der Waals surface area (Å²) >= 11 is 0. The van der Waals surface area contributed by atoms with Crippen LogP contribution >= 0.6 is 0 Å². The van der Waals surface area contributed by atoms with Gasteiger partial charge in [0.2, 0.25) is 0 Å². The van der Waals surface area contributed by atoms with Gasteiger partial charge in [0.05, 0.1) is 30.6 Å². The van der Waals surface area contributed by atoms with E-state index in [0.29, 0.717) is 13.0 Å². The molecule has 1 aliphatic heterocycles. The van der Waals surface area contributed by atoms with Gasteiger partial charge < -0.3 is 15.1 Å². The summed E-state index contributed by atoms with van der Waals surface area (Å²) < 4.78 is 1.76. The molecule has 0 bridgehead atoms. The second kappa shape index (κ2) is 5.64. The van der Waals surface area contributed by atoms with Crippen molar-refractivity contribution in [3.05, 3.63) is 48.7 Å². The molecule has 1 unspecified atom stereocenters. The standard InChI is InChI=1S/C17H18N4O2/c22-11-13-8-14(23)10-20(13)17-9-15(12-4-2-1-3-5-12)19-16-6-7-18-21(16)17/h1-7,9,13-14,22-23H,8,10-11H2/t13?,14-/m0/s1. The third kappa shape index (κ3) is 2.46. The number of aliphatic hydroxyl groups is 2. The second-order valence-electron chi connectivity index (χ2n) is 5.85. The monoisotopic (exact) mass is 310 g/mol. The highest BCUT2D eigenvalue weighted by Gasteiger charge is 2.32. The lowest BCUT2D eigenvalue weighted by molar-refractivity contribution is 0.184. The number of hydrogen-bond acceptors (Lipinski definition) is 5. The molecule has 2 atom stereocenters. The van der Waals surface area contributed by atoms with Crippen LogP contribution in [0, 0.1) is 0 Å². The van der Waals surface area contributed by atoms with Crippen molar-refractivity contribution in [2.75, 3.05) is 18.1 Å². The number of rotatable bonds is 3. The average molecular weight is 310 g/mol. The molecule has 4 rings (SSSR count). The molecule has 3 heterocycles. The van der Waals surface area contributed by atoms with Gasteiger partial charge in [-0.3, -0.25) is 0 Å². The van der Waals surface area contributed by atoms with Crippen molar-refractivity contribution in [2.45, 2.75) is 18.6 Å². The Morgan fingerprint density at radius 2 is 2.00 bits per heavy atom. The Balaban J connectivity index is 1.87. The number of anilines is 1. The fourth-order valence-corrected chi connectivity index (χ4v) is 3.20. The molecule has 0 radical (unpaired) electrons. The van der Waals surface area contributed by atoms with Gasteiger partial charge in [-0.15, -0.1) is 0 Å². The molecule has 1 aliphatic rings. The third-order valence-electron chi connectivity index (χ3n) is 4.31. The van der Waals surface area contributed by atoms with E-state index in [4.69, 9.17) is 0 Å². The zero-order valence-corrected chi connectivity index (χ0v) is 12.6. The summed E-state index contributed by atoms with van der Waals surface area (Å²) in [5, 5.41) is 23.9. The van der Waals surface area contributed by atoms with E-state index in [1.165, 1.54) is 0 Å². The van der Waals surface area contributed by atoms with Gasteiger partial charge in [-0.25, -0.2) is 4.98 Å². The lowest BCUT2D eigenvalue weighted by Gasteiger charge is -2.25. The smallest absolute Gasteiger partial charge is 0.157 e. The summed E-state index contributed by atoms with van der Waals surface area (Å²) in [7, 11) is 0. The van der Waals surface area contributed by atoms with Gasteiger partial charge in [-0.2, -0.15) is 9.61 Å². The Morgan fingerprint density at radius 3 is 2.78 bits per heavy atom. The van der Waals surface area contributed by atoms with Gasteiger partial charge in [0.15, 0.2) is 5.65 Å². The van der Waals surface area contributed by atoms with Crippen molar-refractivity contribution in [3.8, 4) is 11.3 Å². The predicted octanol–water partition coefficient (Wildman–Crippen LogP) is 1.33. The number of β-amino-alcohol motifs (C(OH)–C–C–N with tert-alkyl or cyclic N) is 1. The molecular formula is C17H18N4O2. The van der Waals surface area contributed by atoms with Crippen LogP contribution in [0.15, 0.2) is 48.7 Å². The first-order chi connectivity index (χ1) is 11.3. The Bertz CT molecular complexity index is 818. The molecule has 1 aromatic carbocycles. The molecule has 1 fully saturated rings. The Labute approximate surface area is 133 Å². The summed E-state index contributed by atoms with van der Waals surface area (Å²) in [6.45, 7) is 0.487. The molecule has 6 nitrogen and oxygen atoms in total. The van der Waals surface area contributed by atoms with E-state index in [2.05, 4.69) is 10.1 Å². The topological polar surface area (TPSA) is 73.9 Å². The van der Waals surface area contributed by atoms with Crippen molar-refractivity contribution in [1.29, 1.82) is 0 Å².